The summed E-state index contributed by atoms with van der Waals surface area (Å²) in [5.41, 5.74) is 1.04. The van der Waals surface area contributed by atoms with Crippen molar-refractivity contribution < 1.29 is 5.11 Å². The van der Waals surface area contributed by atoms with Crippen molar-refractivity contribution in [3.05, 3.63) is 18.5 Å². The number of aromatic nitrogens is 2. The zero-order valence-corrected chi connectivity index (χ0v) is 6.72. The lowest BCUT2D eigenvalue weighted by Gasteiger charge is -2.15. The lowest BCUT2D eigenvalue weighted by atomic mass is 10.3. The maximum Gasteiger partial charge on any atom is 0.0731 e. The number of nitrogens with zero attached hydrogens (tertiary/aromatic N) is 3. The normalized spacial score (nSPS) is 23.1. The van der Waals surface area contributed by atoms with Crippen LogP contribution in [0.1, 0.15) is 6.42 Å². The van der Waals surface area contributed by atoms with Gasteiger partial charge in [0.05, 0.1) is 24.2 Å². The minimum absolute atomic E-state index is 0.182. The SMILES string of the molecule is O[C@@H]1CCN(c2ccnnc2)C1. The molecule has 1 aromatic rings. The summed E-state index contributed by atoms with van der Waals surface area (Å²) in [6.07, 6.45) is 4.05. The van der Waals surface area contributed by atoms with Crippen molar-refractivity contribution in [2.45, 2.75) is 12.5 Å². The molecule has 1 atom stereocenters. The Hall–Kier alpha value is -1.16. The second kappa shape index (κ2) is 3.06. The van der Waals surface area contributed by atoms with E-state index in [-0.39, 0.29) is 6.10 Å². The summed E-state index contributed by atoms with van der Waals surface area (Å²) in [7, 11) is 0. The summed E-state index contributed by atoms with van der Waals surface area (Å²) >= 11 is 0. The molecular weight excluding hydrogens is 154 g/mol. The first-order valence-electron chi connectivity index (χ1n) is 4.06. The van der Waals surface area contributed by atoms with Gasteiger partial charge in [-0.3, -0.25) is 0 Å². The highest BCUT2D eigenvalue weighted by Gasteiger charge is 2.20. The Bertz CT molecular complexity index is 252. The van der Waals surface area contributed by atoms with Gasteiger partial charge in [0, 0.05) is 13.1 Å². The zero-order valence-electron chi connectivity index (χ0n) is 6.72. The Morgan fingerprint density at radius 3 is 3.00 bits per heavy atom. The number of anilines is 1. The summed E-state index contributed by atoms with van der Waals surface area (Å²) in [6.45, 7) is 1.62. The van der Waals surface area contributed by atoms with E-state index in [9.17, 15) is 5.11 Å². The van der Waals surface area contributed by atoms with Crippen LogP contribution in [-0.2, 0) is 0 Å². The minimum Gasteiger partial charge on any atom is -0.391 e. The van der Waals surface area contributed by atoms with Gasteiger partial charge in [-0.15, -0.1) is 0 Å². The van der Waals surface area contributed by atoms with Gasteiger partial charge >= 0.3 is 0 Å². The molecule has 0 spiro atoms. The molecule has 0 aromatic carbocycles. The molecule has 0 radical (unpaired) electrons. The van der Waals surface area contributed by atoms with Crippen LogP contribution >= 0.6 is 0 Å². The van der Waals surface area contributed by atoms with Crippen LogP contribution in [0.5, 0.6) is 0 Å². The molecule has 0 amide bonds. The molecule has 64 valence electrons. The molecule has 2 rings (SSSR count). The summed E-state index contributed by atoms with van der Waals surface area (Å²) in [5.74, 6) is 0. The van der Waals surface area contributed by atoms with Crippen LogP contribution in [-0.4, -0.2) is 34.5 Å². The van der Waals surface area contributed by atoms with E-state index in [1.165, 1.54) is 0 Å². The molecule has 2 heterocycles. The van der Waals surface area contributed by atoms with Gasteiger partial charge in [-0.05, 0) is 12.5 Å². The molecule has 4 nitrogen and oxygen atoms in total. The molecule has 4 heteroatoms. The number of hydrogen-bond donors (Lipinski definition) is 1. The lowest BCUT2D eigenvalue weighted by Crippen LogP contribution is -2.21. The van der Waals surface area contributed by atoms with E-state index in [1.54, 1.807) is 12.4 Å². The van der Waals surface area contributed by atoms with Gasteiger partial charge in [0.1, 0.15) is 0 Å². The Kier molecular flexibility index (Phi) is 1.91. The Morgan fingerprint density at radius 1 is 1.50 bits per heavy atom. The van der Waals surface area contributed by atoms with Gasteiger partial charge in [0.15, 0.2) is 0 Å². The lowest BCUT2D eigenvalue weighted by molar-refractivity contribution is 0.198. The number of aliphatic hydroxyl groups is 1. The molecular formula is C8H11N3O. The molecule has 1 N–H and O–H groups in total. The van der Waals surface area contributed by atoms with Crippen LogP contribution < -0.4 is 4.90 Å². The average Bonchev–Trinajstić information content (AvgIpc) is 2.54. The van der Waals surface area contributed by atoms with Gasteiger partial charge in [0.2, 0.25) is 0 Å². The van der Waals surface area contributed by atoms with Crippen LogP contribution in [0, 0.1) is 0 Å². The molecule has 1 aliphatic heterocycles. The van der Waals surface area contributed by atoms with E-state index >= 15 is 0 Å². The predicted molar refractivity (Wildman–Crippen MR) is 44.9 cm³/mol. The van der Waals surface area contributed by atoms with Crippen LogP contribution in [0.15, 0.2) is 18.5 Å². The van der Waals surface area contributed by atoms with Crippen molar-refractivity contribution in [1.29, 1.82) is 0 Å². The largest absolute Gasteiger partial charge is 0.391 e. The van der Waals surface area contributed by atoms with Gasteiger partial charge in [0.25, 0.3) is 0 Å². The number of β-amino-alcohol motifs (C(OH)–C–C–N with tert-alkyl or cyclic N) is 1. The highest BCUT2D eigenvalue weighted by atomic mass is 16.3. The Labute approximate surface area is 70.8 Å². The average molecular weight is 165 g/mol. The van der Waals surface area contributed by atoms with Gasteiger partial charge < -0.3 is 10.0 Å². The van der Waals surface area contributed by atoms with Gasteiger partial charge in [-0.2, -0.15) is 10.2 Å². The molecule has 0 bridgehead atoms. The smallest absolute Gasteiger partial charge is 0.0731 e. The fraction of sp³-hybridized carbons (Fsp3) is 0.500. The van der Waals surface area contributed by atoms with E-state index < -0.39 is 0 Å². The van der Waals surface area contributed by atoms with Crippen molar-refractivity contribution in [2.75, 3.05) is 18.0 Å². The monoisotopic (exact) mass is 165 g/mol. The summed E-state index contributed by atoms with van der Waals surface area (Å²) in [6, 6.07) is 1.91. The molecule has 0 aliphatic carbocycles. The standard InChI is InChI=1S/C8H11N3O/c12-8-2-4-11(6-8)7-1-3-9-10-5-7/h1,3,5,8,12H,2,4,6H2/t8-/m1/s1. The van der Waals surface area contributed by atoms with E-state index in [1.807, 2.05) is 6.07 Å². The molecule has 0 saturated carbocycles. The molecule has 12 heavy (non-hydrogen) atoms. The molecule has 1 saturated heterocycles. The van der Waals surface area contributed by atoms with Crippen LogP contribution in [0.3, 0.4) is 0 Å². The van der Waals surface area contributed by atoms with E-state index in [0.717, 1.165) is 18.7 Å². The maximum absolute atomic E-state index is 9.28. The first-order valence-corrected chi connectivity index (χ1v) is 4.06. The van der Waals surface area contributed by atoms with Crippen molar-refractivity contribution >= 4 is 5.69 Å². The highest BCUT2D eigenvalue weighted by molar-refractivity contribution is 5.43. The van der Waals surface area contributed by atoms with Crippen molar-refractivity contribution in [3.63, 3.8) is 0 Å². The Balaban J connectivity index is 2.11. The van der Waals surface area contributed by atoms with Gasteiger partial charge in [-0.1, -0.05) is 0 Å². The van der Waals surface area contributed by atoms with Crippen LogP contribution in [0.4, 0.5) is 5.69 Å². The first kappa shape index (κ1) is 7.49. The number of rotatable bonds is 1. The maximum atomic E-state index is 9.28. The topological polar surface area (TPSA) is 49.2 Å². The van der Waals surface area contributed by atoms with Gasteiger partial charge in [-0.25, -0.2) is 0 Å². The molecule has 0 unspecified atom stereocenters. The minimum atomic E-state index is -0.182. The zero-order chi connectivity index (χ0) is 8.39. The second-order valence-electron chi connectivity index (χ2n) is 2.99. The van der Waals surface area contributed by atoms with E-state index in [4.69, 9.17) is 0 Å². The fourth-order valence-corrected chi connectivity index (χ4v) is 1.45. The third kappa shape index (κ3) is 1.38. The Morgan fingerprint density at radius 2 is 2.42 bits per heavy atom. The quantitative estimate of drug-likeness (QED) is 0.638. The molecule has 1 fully saturated rings. The van der Waals surface area contributed by atoms with Crippen molar-refractivity contribution in [1.82, 2.24) is 10.2 Å². The first-order chi connectivity index (χ1) is 5.86. The van der Waals surface area contributed by atoms with E-state index in [2.05, 4.69) is 15.1 Å². The predicted octanol–water partition coefficient (Wildman–Crippen LogP) is 0.0476. The summed E-state index contributed by atoms with van der Waals surface area (Å²) < 4.78 is 0. The third-order valence-corrected chi connectivity index (χ3v) is 2.10. The number of aliphatic hydroxyl groups excluding tert-OH is 1. The van der Waals surface area contributed by atoms with Crippen molar-refractivity contribution in [3.8, 4) is 0 Å². The number of hydrogen-bond acceptors (Lipinski definition) is 4. The third-order valence-electron chi connectivity index (χ3n) is 2.10. The highest BCUT2D eigenvalue weighted by Crippen LogP contribution is 2.17. The van der Waals surface area contributed by atoms with Crippen molar-refractivity contribution in [2.24, 2.45) is 0 Å². The molecule has 1 aromatic heterocycles. The molecule has 1 aliphatic rings. The summed E-state index contributed by atoms with van der Waals surface area (Å²) in [5, 5.41) is 16.8. The summed E-state index contributed by atoms with van der Waals surface area (Å²) in [4.78, 5) is 2.11. The second-order valence-corrected chi connectivity index (χ2v) is 2.99. The fourth-order valence-electron chi connectivity index (χ4n) is 1.45. The van der Waals surface area contributed by atoms with Crippen LogP contribution in [0.2, 0.25) is 0 Å². The van der Waals surface area contributed by atoms with Crippen LogP contribution in [0.25, 0.3) is 0 Å². The van der Waals surface area contributed by atoms with E-state index in [0.29, 0.717) is 6.54 Å².